The molecule has 3 nitrogen and oxygen atoms in total. The zero-order valence-corrected chi connectivity index (χ0v) is 5.91. The fourth-order valence-electron chi connectivity index (χ4n) is 0. The van der Waals surface area contributed by atoms with Gasteiger partial charge in [-0.05, 0) is 0 Å². The molecule has 0 saturated carbocycles. The molecule has 0 fully saturated rings. The molecule has 0 aromatic heterocycles. The quantitative estimate of drug-likeness (QED) is 0.520. The van der Waals surface area contributed by atoms with Crippen molar-refractivity contribution in [1.29, 1.82) is 0 Å². The summed E-state index contributed by atoms with van der Waals surface area (Å²) in [5.41, 5.74) is 0. The summed E-state index contributed by atoms with van der Waals surface area (Å²) >= 11 is 2.27. The van der Waals surface area contributed by atoms with Crippen molar-refractivity contribution >= 4 is 29.8 Å². The van der Waals surface area contributed by atoms with Crippen LogP contribution in [0.4, 0.5) is 4.79 Å². The van der Waals surface area contributed by atoms with Gasteiger partial charge in [0.15, 0.2) is 0 Å². The molecule has 0 radical (unpaired) electrons. The van der Waals surface area contributed by atoms with E-state index in [1.54, 1.807) is 0 Å². The van der Waals surface area contributed by atoms with E-state index in [1.807, 2.05) is 0 Å². The van der Waals surface area contributed by atoms with Crippen LogP contribution in [-0.2, 0) is 9.84 Å². The number of rotatable bonds is 0. The van der Waals surface area contributed by atoms with Crippen LogP contribution in [0.3, 0.4) is 0 Å². The smallest absolute Gasteiger partial charge is 0.268 e. The van der Waals surface area contributed by atoms with Crippen LogP contribution in [0.15, 0.2) is 0 Å². The highest BCUT2D eigenvalue weighted by atomic mass is 79.9. The number of sulfone groups is 1. The van der Waals surface area contributed by atoms with E-state index in [2.05, 4.69) is 15.9 Å². The Hall–Kier alpha value is 0.1000. The summed E-state index contributed by atoms with van der Waals surface area (Å²) in [6.07, 6.45) is 0.837. The van der Waals surface area contributed by atoms with E-state index >= 15 is 0 Å². The minimum atomic E-state index is -3.46. The van der Waals surface area contributed by atoms with Gasteiger partial charge in [-0.15, -0.1) is 0 Å². The van der Waals surface area contributed by atoms with Crippen molar-refractivity contribution in [3.63, 3.8) is 0 Å². The Labute approximate surface area is 49.8 Å². The maximum absolute atomic E-state index is 9.93. The Balaban J connectivity index is 4.43. The van der Waals surface area contributed by atoms with Crippen LogP contribution < -0.4 is 0 Å². The van der Waals surface area contributed by atoms with Gasteiger partial charge in [0.25, 0.3) is 0 Å². The van der Waals surface area contributed by atoms with Crippen LogP contribution in [0.25, 0.3) is 0 Å². The molecule has 0 amide bonds. The van der Waals surface area contributed by atoms with Gasteiger partial charge in [0.1, 0.15) is 0 Å². The maximum Gasteiger partial charge on any atom is 0.311 e. The van der Waals surface area contributed by atoms with E-state index in [0.29, 0.717) is 0 Å². The summed E-state index contributed by atoms with van der Waals surface area (Å²) < 4.78 is 18.9. The first-order valence-corrected chi connectivity index (χ1v) is 4.02. The molecular weight excluding hydrogens is 184 g/mol. The Morgan fingerprint density at radius 2 is 1.71 bits per heavy atom. The third kappa shape index (κ3) is 2.76. The molecule has 0 bridgehead atoms. The Kier molecular flexibility index (Phi) is 1.94. The SMILES string of the molecule is CS(=O)(=O)C(=O)Br. The summed E-state index contributed by atoms with van der Waals surface area (Å²) in [6, 6.07) is 0. The lowest BCUT2D eigenvalue weighted by atomic mass is 11.8. The topological polar surface area (TPSA) is 51.2 Å². The summed E-state index contributed by atoms with van der Waals surface area (Å²) in [6.45, 7) is 0. The molecule has 42 valence electrons. The number of halogens is 1. The number of hydrogen-bond acceptors (Lipinski definition) is 3. The molecule has 5 heteroatoms. The van der Waals surface area contributed by atoms with Crippen molar-refractivity contribution in [2.45, 2.75) is 0 Å². The molecular formula is C2H3BrO3S. The normalized spacial score (nSPS) is 11.1. The van der Waals surface area contributed by atoms with Crippen molar-refractivity contribution in [1.82, 2.24) is 0 Å². The van der Waals surface area contributed by atoms with Gasteiger partial charge in [-0.2, -0.15) is 0 Å². The molecule has 0 aromatic rings. The molecule has 0 saturated heterocycles. The molecule has 7 heavy (non-hydrogen) atoms. The average molecular weight is 187 g/mol. The van der Waals surface area contributed by atoms with Crippen LogP contribution in [0, 0.1) is 0 Å². The first-order valence-electron chi connectivity index (χ1n) is 1.34. The van der Waals surface area contributed by atoms with Crippen molar-refractivity contribution in [2.24, 2.45) is 0 Å². The summed E-state index contributed by atoms with van der Waals surface area (Å²) in [4.78, 5) is 9.79. The highest BCUT2D eigenvalue weighted by Crippen LogP contribution is 1.94. The van der Waals surface area contributed by atoms with Gasteiger partial charge in [0, 0.05) is 22.2 Å². The molecule has 0 N–H and O–H groups in total. The molecule has 0 rings (SSSR count). The second kappa shape index (κ2) is 1.92. The van der Waals surface area contributed by atoms with Crippen LogP contribution in [0.5, 0.6) is 0 Å². The fourth-order valence-corrected chi connectivity index (χ4v) is 0. The van der Waals surface area contributed by atoms with Crippen LogP contribution in [0.1, 0.15) is 0 Å². The minimum absolute atomic E-state index is 0.837. The van der Waals surface area contributed by atoms with Crippen LogP contribution in [-0.4, -0.2) is 18.7 Å². The van der Waals surface area contributed by atoms with Crippen molar-refractivity contribution in [3.05, 3.63) is 0 Å². The van der Waals surface area contributed by atoms with Gasteiger partial charge < -0.3 is 0 Å². The van der Waals surface area contributed by atoms with Gasteiger partial charge in [0.05, 0.1) is 0 Å². The monoisotopic (exact) mass is 186 g/mol. The van der Waals surface area contributed by atoms with Crippen molar-refractivity contribution in [3.8, 4) is 0 Å². The second-order valence-corrected chi connectivity index (χ2v) is 4.17. The second-order valence-electron chi connectivity index (χ2n) is 1.01. The van der Waals surface area contributed by atoms with E-state index in [1.165, 1.54) is 0 Å². The van der Waals surface area contributed by atoms with Crippen molar-refractivity contribution < 1.29 is 13.2 Å². The number of hydrogen-bond donors (Lipinski definition) is 0. The molecule has 0 aliphatic carbocycles. The van der Waals surface area contributed by atoms with Gasteiger partial charge >= 0.3 is 4.02 Å². The van der Waals surface area contributed by atoms with E-state index in [-0.39, 0.29) is 0 Å². The van der Waals surface area contributed by atoms with Crippen LogP contribution >= 0.6 is 15.9 Å². The lowest BCUT2D eigenvalue weighted by Gasteiger charge is -1.79. The highest BCUT2D eigenvalue weighted by Gasteiger charge is 2.08. The minimum Gasteiger partial charge on any atom is -0.268 e. The maximum atomic E-state index is 9.93. The molecule has 0 aliphatic rings. The van der Waals surface area contributed by atoms with Crippen molar-refractivity contribution in [2.75, 3.05) is 6.26 Å². The summed E-state index contributed by atoms with van der Waals surface area (Å²) in [7, 11) is -3.46. The van der Waals surface area contributed by atoms with Gasteiger partial charge in [-0.3, -0.25) is 4.79 Å². The zero-order valence-electron chi connectivity index (χ0n) is 3.51. The van der Waals surface area contributed by atoms with Gasteiger partial charge in [0.2, 0.25) is 9.84 Å². The number of carbonyl (C=O) groups excluding carboxylic acids is 1. The van der Waals surface area contributed by atoms with Gasteiger partial charge in [-0.25, -0.2) is 8.42 Å². The third-order valence-corrected chi connectivity index (χ3v) is 2.64. The molecule has 0 spiro atoms. The Bertz CT molecular complexity index is 167. The molecule has 0 aromatic carbocycles. The standard InChI is InChI=1S/C2H3BrO3S/c1-7(5,6)2(3)4/h1H3. The Morgan fingerprint density at radius 1 is 1.57 bits per heavy atom. The fraction of sp³-hybridized carbons (Fsp3) is 0.500. The number of carbonyl (C=O) groups is 1. The lowest BCUT2D eigenvalue weighted by molar-refractivity contribution is 0.275. The molecule has 0 atom stereocenters. The van der Waals surface area contributed by atoms with E-state index in [9.17, 15) is 13.2 Å². The molecule has 0 unspecified atom stereocenters. The third-order valence-electron chi connectivity index (χ3n) is 0.292. The first-order chi connectivity index (χ1) is 2.94. The predicted octanol–water partition coefficient (Wildman–Crippen LogP) is 0.546. The molecule has 0 aliphatic heterocycles. The first kappa shape index (κ1) is 7.10. The Morgan fingerprint density at radius 3 is 1.71 bits per heavy atom. The van der Waals surface area contributed by atoms with E-state index < -0.39 is 13.9 Å². The molecule has 0 heterocycles. The van der Waals surface area contributed by atoms with E-state index in [4.69, 9.17) is 0 Å². The lowest BCUT2D eigenvalue weighted by Crippen LogP contribution is -2.00. The van der Waals surface area contributed by atoms with Crippen LogP contribution in [0.2, 0.25) is 0 Å². The summed E-state index contributed by atoms with van der Waals surface area (Å²) in [5.74, 6) is 0. The average Bonchev–Trinajstić information content (AvgIpc) is 1.31. The summed E-state index contributed by atoms with van der Waals surface area (Å²) in [5, 5.41) is 0. The predicted molar refractivity (Wildman–Crippen MR) is 29.2 cm³/mol. The van der Waals surface area contributed by atoms with Gasteiger partial charge in [-0.1, -0.05) is 0 Å². The van der Waals surface area contributed by atoms with E-state index in [0.717, 1.165) is 6.26 Å². The highest BCUT2D eigenvalue weighted by molar-refractivity contribution is 9.21. The zero-order chi connectivity index (χ0) is 6.08. The largest absolute Gasteiger partial charge is 0.311 e.